The van der Waals surface area contributed by atoms with Crippen molar-refractivity contribution < 1.29 is 65.3 Å². The van der Waals surface area contributed by atoms with E-state index < -0.39 is 75.8 Å². The third-order valence-electron chi connectivity index (χ3n) is 16.1. The van der Waals surface area contributed by atoms with Crippen LogP contribution in [0.5, 0.6) is 0 Å². The molecular weight excluding hydrogens is 1440 g/mol. The number of hydrogen-bond donors (Lipinski definition) is 0. The van der Waals surface area contributed by atoms with Crippen molar-refractivity contribution in [3.8, 4) is 0 Å². The van der Waals surface area contributed by atoms with E-state index in [4.69, 9.17) is 85.0 Å². The van der Waals surface area contributed by atoms with E-state index in [-0.39, 0.29) is 33.4 Å². The van der Waals surface area contributed by atoms with Gasteiger partial charge in [0.15, 0.2) is 0 Å². The maximum atomic E-state index is 5.86. The fraction of sp³-hybridized carbons (Fsp3) is 0.645. The molecule has 6 rings (SSSR count). The van der Waals surface area contributed by atoms with Crippen LogP contribution in [0, 0.1) is 27.7 Å². The number of hydrogen-bond acceptors (Lipinski definition) is 3. The van der Waals surface area contributed by atoms with E-state index in [0.29, 0.717) is 0 Å². The standard InChI is InChI=1S/C26H43NOSi.2C25H41NOSi.6ClH.3Ti/c1-20-15-14-16-22-23(19-21(2)24(20)22)29(9,27-25(3,4)5)18-13-11-10-12-17-28-26(6,7)8;1-20-19-23(22-16-12-11-15-21(20)22)28(8,26-24(2,3)4)18-14-10-9-13-17-27-25(5,6)7;1-20-14-13-15-22-21(20)16-17-23(22)28(8,26-24(2,3)4)19-12-10-9-11-18-27-25(5,6)7;;;;;;;;;/h14-16,19H,10-13,17-18H2,1-9H3;11-12,15-16,19H,9-10,13-14,17-18H2,1-8H3;13-17H,9-12,18-19H2,1-8H3;6*1H;;;/q3*-2;;;;;;;3*+2/p-6. The summed E-state index contributed by atoms with van der Waals surface area (Å²) >= 11 is -1.67. The van der Waals surface area contributed by atoms with Crippen LogP contribution in [0.4, 0.5) is 0 Å². The average Bonchev–Trinajstić information content (AvgIpc) is 1.61. The van der Waals surface area contributed by atoms with Gasteiger partial charge in [-0.2, -0.15) is 67.1 Å². The fourth-order valence-corrected chi connectivity index (χ4v) is 25.5. The molecule has 0 radical (unpaired) electrons. The SMILES string of the molecule is Cc1c[c-]([Si](C)(CCCCCCOC(C)(C)C)[N-]C(C)(C)C)c2ccccc12.Cc1cccc2c1c(C)c[c-]2[Si](C)(CCCCCCOC(C)(C)C)[N-]C(C)(C)C.Cc1cccc2c1cc[c-]2[Si](C)(CCCCCCOC(C)(C)C)[N-]C(C)(C)C.[Cl][Ti][Cl].[Cl][Ti][Cl].[Cl][Ti][Cl]. The second kappa shape index (κ2) is 44.4. The predicted octanol–water partition coefficient (Wildman–Crippen LogP) is 26.0. The van der Waals surface area contributed by atoms with Crippen molar-refractivity contribution in [3.05, 3.63) is 122 Å². The molecular formula is C76H125Cl6N3O3Si3Ti3-6. The quantitative estimate of drug-likeness (QED) is 0.0293. The van der Waals surface area contributed by atoms with E-state index in [1.54, 1.807) is 5.19 Å². The van der Waals surface area contributed by atoms with Gasteiger partial charge in [-0.3, -0.25) is 0 Å². The molecule has 6 nitrogen and oxygen atoms in total. The van der Waals surface area contributed by atoms with Gasteiger partial charge in [0, 0.05) is 19.8 Å². The number of rotatable bonds is 27. The molecule has 0 spiro atoms. The van der Waals surface area contributed by atoms with Gasteiger partial charge in [0.05, 0.1) is 16.8 Å². The molecule has 0 bridgehead atoms. The topological polar surface area (TPSA) is 70.0 Å². The van der Waals surface area contributed by atoms with Gasteiger partial charge in [-0.1, -0.05) is 226 Å². The Morgan fingerprint density at radius 3 is 1.03 bits per heavy atom. The summed E-state index contributed by atoms with van der Waals surface area (Å²) in [4.78, 5) is 16.4. The van der Waals surface area contributed by atoms with Gasteiger partial charge in [0.2, 0.25) is 0 Å². The summed E-state index contributed by atoms with van der Waals surface area (Å²) in [5.74, 6) is 0. The molecule has 0 heterocycles. The Kier molecular flexibility index (Phi) is 43.9. The molecule has 0 saturated heterocycles. The van der Waals surface area contributed by atoms with Crippen LogP contribution in [0.2, 0.25) is 37.8 Å². The van der Waals surface area contributed by atoms with Gasteiger partial charge in [-0.25, -0.2) is 0 Å². The monoisotopic (exact) mass is 1570 g/mol. The molecule has 0 aliphatic carbocycles. The van der Waals surface area contributed by atoms with E-state index in [1.165, 1.54) is 141 Å². The van der Waals surface area contributed by atoms with Gasteiger partial charge in [-0.15, -0.1) is 75.2 Å². The zero-order valence-electron chi connectivity index (χ0n) is 63.1. The van der Waals surface area contributed by atoms with E-state index in [9.17, 15) is 0 Å². The molecule has 534 valence electrons. The number of benzene rings is 3. The van der Waals surface area contributed by atoms with Crippen LogP contribution in [0.3, 0.4) is 0 Å². The molecule has 0 fully saturated rings. The Morgan fingerprint density at radius 1 is 0.351 bits per heavy atom. The first-order chi connectivity index (χ1) is 43.4. The Balaban J connectivity index is 0.000000661. The van der Waals surface area contributed by atoms with Crippen LogP contribution in [-0.2, 0) is 65.3 Å². The van der Waals surface area contributed by atoms with Crippen molar-refractivity contribution in [1.29, 1.82) is 0 Å². The number of unbranched alkanes of at least 4 members (excludes halogenated alkanes) is 9. The first-order valence-electron chi connectivity index (χ1n) is 34.4. The van der Waals surface area contributed by atoms with Gasteiger partial charge >= 0.3 is 107 Å². The molecule has 0 amide bonds. The predicted molar refractivity (Wildman–Crippen MR) is 423 cm³/mol. The molecule has 94 heavy (non-hydrogen) atoms. The van der Waals surface area contributed by atoms with Crippen molar-refractivity contribution in [1.82, 2.24) is 0 Å². The second-order valence-electron chi connectivity index (χ2n) is 32.1. The van der Waals surface area contributed by atoms with Gasteiger partial charge in [0.1, 0.15) is 0 Å². The third kappa shape index (κ3) is 37.3. The van der Waals surface area contributed by atoms with Crippen LogP contribution >= 0.6 is 55.8 Å². The normalized spacial score (nSPS) is 14.1. The molecule has 18 heteroatoms. The first-order valence-corrected chi connectivity index (χ1v) is 55.2. The van der Waals surface area contributed by atoms with E-state index in [1.807, 2.05) is 0 Å². The van der Waals surface area contributed by atoms with Gasteiger partial charge < -0.3 is 29.2 Å². The van der Waals surface area contributed by atoms with Crippen LogP contribution < -0.4 is 15.6 Å². The van der Waals surface area contributed by atoms with E-state index in [2.05, 4.69) is 257 Å². The third-order valence-corrected chi connectivity index (χ3v) is 28.3. The summed E-state index contributed by atoms with van der Waals surface area (Å²) in [6, 6.07) is 35.6. The summed E-state index contributed by atoms with van der Waals surface area (Å²) < 4.78 is 17.6. The zero-order valence-corrected chi connectivity index (χ0v) is 75.4. The average molecular weight is 1570 g/mol. The number of nitrogens with zero attached hydrogens (tertiary/aromatic N) is 3. The number of halogens is 6. The minimum absolute atomic E-state index is 0.00282. The van der Waals surface area contributed by atoms with Crippen LogP contribution in [0.15, 0.2) is 84.9 Å². The Labute approximate surface area is 629 Å². The molecule has 0 aliphatic heterocycles. The summed E-state index contributed by atoms with van der Waals surface area (Å²) in [6.07, 6.45) is 14.8. The maximum absolute atomic E-state index is 5.86. The summed E-state index contributed by atoms with van der Waals surface area (Å²) in [6.45, 7) is 58.4. The molecule has 6 aromatic rings. The Bertz CT molecular complexity index is 3020. The van der Waals surface area contributed by atoms with Crippen LogP contribution in [0.1, 0.15) is 224 Å². The molecule has 0 aliphatic rings. The van der Waals surface area contributed by atoms with Crippen molar-refractivity contribution in [2.45, 2.75) is 301 Å². The molecule has 3 atom stereocenters. The molecule has 0 saturated carbocycles. The van der Waals surface area contributed by atoms with Crippen molar-refractivity contribution >= 4 is 128 Å². The summed E-state index contributed by atoms with van der Waals surface area (Å²) in [5.41, 5.74) is 5.52. The van der Waals surface area contributed by atoms with Crippen LogP contribution in [-0.4, -0.2) is 77.9 Å². The minimum atomic E-state index is -1.93. The molecule has 6 aromatic carbocycles. The van der Waals surface area contributed by atoms with Crippen molar-refractivity contribution in [3.63, 3.8) is 0 Å². The molecule has 3 unspecified atom stereocenters. The number of fused-ring (bicyclic) bond motifs is 3. The number of aryl methyl sites for hydroxylation is 4. The second-order valence-corrected chi connectivity index (χ2v) is 51.2. The summed E-state index contributed by atoms with van der Waals surface area (Å²) in [5, 5.41) is 13.2. The Morgan fingerprint density at radius 2 is 0.649 bits per heavy atom. The number of ether oxygens (including phenoxy) is 3. The van der Waals surface area contributed by atoms with Gasteiger partial charge in [-0.05, 0) is 95.4 Å². The van der Waals surface area contributed by atoms with E-state index in [0.717, 1.165) is 39.1 Å². The fourth-order valence-electron chi connectivity index (χ4n) is 12.9. The molecule has 0 N–H and O–H groups in total. The Hall–Kier alpha value is 0.784. The molecule has 0 aromatic heterocycles. The zero-order chi connectivity index (χ0) is 72.0. The summed E-state index contributed by atoms with van der Waals surface area (Å²) in [7, 11) is 23.6. The van der Waals surface area contributed by atoms with Crippen molar-refractivity contribution in [2.75, 3.05) is 19.8 Å². The van der Waals surface area contributed by atoms with E-state index >= 15 is 0 Å². The first kappa shape index (κ1) is 92.8. The van der Waals surface area contributed by atoms with Crippen LogP contribution in [0.25, 0.3) is 47.3 Å². The van der Waals surface area contributed by atoms with Crippen molar-refractivity contribution in [2.24, 2.45) is 0 Å². The van der Waals surface area contributed by atoms with Gasteiger partial charge in [0.25, 0.3) is 0 Å².